The fraction of sp³-hybridized carbons (Fsp3) is 0.0952. The van der Waals surface area contributed by atoms with Crippen LogP contribution in [0.3, 0.4) is 0 Å². The number of benzene rings is 2. The molecule has 0 radical (unpaired) electrons. The second-order valence-electron chi connectivity index (χ2n) is 6.42. The Kier molecular flexibility index (Phi) is 5.76. The minimum absolute atomic E-state index is 0.233. The van der Waals surface area contributed by atoms with Gasteiger partial charge in [0.1, 0.15) is 6.04 Å². The van der Waals surface area contributed by atoms with Crippen molar-refractivity contribution in [3.05, 3.63) is 94.4 Å². The summed E-state index contributed by atoms with van der Waals surface area (Å²) in [5.41, 5.74) is 2.11. The van der Waals surface area contributed by atoms with Gasteiger partial charge in [0.15, 0.2) is 11.5 Å². The monoisotopic (exact) mass is 425 g/mol. The van der Waals surface area contributed by atoms with Gasteiger partial charge in [0.25, 0.3) is 0 Å². The van der Waals surface area contributed by atoms with Gasteiger partial charge >= 0.3 is 0 Å². The molecule has 4 aromatic rings. The van der Waals surface area contributed by atoms with Crippen LogP contribution in [0.25, 0.3) is 5.65 Å². The Morgan fingerprint density at radius 2 is 1.69 bits per heavy atom. The van der Waals surface area contributed by atoms with Crippen molar-refractivity contribution < 1.29 is 4.79 Å². The van der Waals surface area contributed by atoms with Gasteiger partial charge in [0, 0.05) is 21.9 Å². The SMILES string of the molecule is O=C(Nc1cc(Cl)cc(Cl)c1)C(NCc1nnc2ccccn12)c1ccccc1. The predicted molar refractivity (Wildman–Crippen MR) is 114 cm³/mol. The number of pyridine rings is 1. The molecule has 0 saturated heterocycles. The summed E-state index contributed by atoms with van der Waals surface area (Å²) < 4.78 is 1.88. The molecule has 0 aliphatic heterocycles. The lowest BCUT2D eigenvalue weighted by Crippen LogP contribution is -2.33. The zero-order valence-electron chi connectivity index (χ0n) is 15.2. The fourth-order valence-corrected chi connectivity index (χ4v) is 3.58. The fourth-order valence-electron chi connectivity index (χ4n) is 3.05. The van der Waals surface area contributed by atoms with Crippen molar-refractivity contribution in [3.8, 4) is 0 Å². The van der Waals surface area contributed by atoms with Crippen LogP contribution in [0.4, 0.5) is 5.69 Å². The highest BCUT2D eigenvalue weighted by atomic mass is 35.5. The van der Waals surface area contributed by atoms with E-state index in [0.29, 0.717) is 28.1 Å². The first-order chi connectivity index (χ1) is 14.1. The molecule has 2 N–H and O–H groups in total. The van der Waals surface area contributed by atoms with Crippen LogP contribution in [-0.4, -0.2) is 20.5 Å². The first-order valence-electron chi connectivity index (χ1n) is 8.94. The zero-order valence-corrected chi connectivity index (χ0v) is 16.7. The van der Waals surface area contributed by atoms with E-state index >= 15 is 0 Å². The van der Waals surface area contributed by atoms with Gasteiger partial charge in [-0.05, 0) is 35.9 Å². The molecule has 1 amide bonds. The summed E-state index contributed by atoms with van der Waals surface area (Å²) in [4.78, 5) is 13.1. The molecule has 2 aromatic carbocycles. The van der Waals surface area contributed by atoms with Crippen molar-refractivity contribution in [1.29, 1.82) is 0 Å². The molecule has 2 heterocycles. The number of nitrogens with zero attached hydrogens (tertiary/aromatic N) is 3. The molecule has 1 atom stereocenters. The molecule has 0 saturated carbocycles. The van der Waals surface area contributed by atoms with Crippen LogP contribution in [0.5, 0.6) is 0 Å². The van der Waals surface area contributed by atoms with Crippen LogP contribution in [-0.2, 0) is 11.3 Å². The first kappa shape index (κ1) is 19.4. The minimum Gasteiger partial charge on any atom is -0.324 e. The maximum absolute atomic E-state index is 13.1. The van der Waals surface area contributed by atoms with Gasteiger partial charge in [-0.25, -0.2) is 0 Å². The summed E-state index contributed by atoms with van der Waals surface area (Å²) in [6, 6.07) is 19.5. The Labute approximate surface area is 177 Å². The van der Waals surface area contributed by atoms with Gasteiger partial charge < -0.3 is 5.32 Å². The average Bonchev–Trinajstić information content (AvgIpc) is 3.11. The molecule has 0 bridgehead atoms. The summed E-state index contributed by atoms with van der Waals surface area (Å²) in [5.74, 6) is 0.475. The maximum Gasteiger partial charge on any atom is 0.246 e. The Morgan fingerprint density at radius 3 is 2.45 bits per heavy atom. The van der Waals surface area contributed by atoms with E-state index in [1.165, 1.54) is 0 Å². The van der Waals surface area contributed by atoms with Crippen molar-refractivity contribution in [2.75, 3.05) is 5.32 Å². The summed E-state index contributed by atoms with van der Waals surface area (Å²) in [5, 5.41) is 15.4. The number of nitrogens with one attached hydrogen (secondary N) is 2. The maximum atomic E-state index is 13.1. The van der Waals surface area contributed by atoms with E-state index in [9.17, 15) is 4.79 Å². The van der Waals surface area contributed by atoms with Crippen molar-refractivity contribution in [3.63, 3.8) is 0 Å². The van der Waals surface area contributed by atoms with Crippen LogP contribution in [0.2, 0.25) is 10.0 Å². The predicted octanol–water partition coefficient (Wildman–Crippen LogP) is 4.51. The van der Waals surface area contributed by atoms with E-state index in [1.807, 2.05) is 59.1 Å². The molecule has 6 nitrogen and oxygen atoms in total. The smallest absolute Gasteiger partial charge is 0.246 e. The number of anilines is 1. The second kappa shape index (κ2) is 8.61. The van der Waals surface area contributed by atoms with Crippen LogP contribution >= 0.6 is 23.2 Å². The number of carbonyl (C=O) groups is 1. The third kappa shape index (κ3) is 4.56. The van der Waals surface area contributed by atoms with Crippen LogP contribution in [0, 0.1) is 0 Å². The van der Waals surface area contributed by atoms with Crippen LogP contribution in [0.15, 0.2) is 72.9 Å². The van der Waals surface area contributed by atoms with Gasteiger partial charge in [0.05, 0.1) is 6.54 Å². The van der Waals surface area contributed by atoms with Crippen molar-refractivity contribution >= 4 is 40.4 Å². The molecule has 0 fully saturated rings. The molecule has 0 spiro atoms. The third-order valence-electron chi connectivity index (χ3n) is 4.37. The lowest BCUT2D eigenvalue weighted by molar-refractivity contribution is -0.118. The largest absolute Gasteiger partial charge is 0.324 e. The summed E-state index contributed by atoms with van der Waals surface area (Å²) in [6.07, 6.45) is 1.89. The van der Waals surface area contributed by atoms with E-state index in [4.69, 9.17) is 23.2 Å². The lowest BCUT2D eigenvalue weighted by Gasteiger charge is -2.19. The average molecular weight is 426 g/mol. The number of fused-ring (bicyclic) bond motifs is 1. The minimum atomic E-state index is -0.606. The van der Waals surface area contributed by atoms with E-state index in [-0.39, 0.29) is 5.91 Å². The molecule has 29 heavy (non-hydrogen) atoms. The normalized spacial score (nSPS) is 12.1. The van der Waals surface area contributed by atoms with Crippen LogP contribution in [0.1, 0.15) is 17.4 Å². The second-order valence-corrected chi connectivity index (χ2v) is 7.29. The number of amides is 1. The van der Waals surface area contributed by atoms with Gasteiger partial charge in [0.2, 0.25) is 5.91 Å². The standard InChI is InChI=1S/C21H17Cl2N5O/c22-15-10-16(23)12-17(11-15)25-21(29)20(14-6-2-1-3-7-14)24-13-19-27-26-18-8-4-5-9-28(18)19/h1-12,20,24H,13H2,(H,25,29). The molecular formula is C21H17Cl2N5O. The highest BCUT2D eigenvalue weighted by Crippen LogP contribution is 2.24. The van der Waals surface area contributed by atoms with Crippen molar-refractivity contribution in [2.45, 2.75) is 12.6 Å². The quantitative estimate of drug-likeness (QED) is 0.476. The number of halogens is 2. The topological polar surface area (TPSA) is 71.3 Å². The summed E-state index contributed by atoms with van der Waals surface area (Å²) >= 11 is 12.1. The van der Waals surface area contributed by atoms with Gasteiger partial charge in [-0.2, -0.15) is 0 Å². The Hall–Kier alpha value is -2.93. The van der Waals surface area contributed by atoms with Gasteiger partial charge in [-0.3, -0.25) is 14.5 Å². The number of carbonyl (C=O) groups excluding carboxylic acids is 1. The van der Waals surface area contributed by atoms with E-state index in [1.54, 1.807) is 18.2 Å². The highest BCUT2D eigenvalue weighted by Gasteiger charge is 2.21. The Morgan fingerprint density at radius 1 is 0.966 bits per heavy atom. The van der Waals surface area contributed by atoms with Crippen LogP contribution < -0.4 is 10.6 Å². The number of rotatable bonds is 6. The molecule has 8 heteroatoms. The first-order valence-corrected chi connectivity index (χ1v) is 9.70. The number of aromatic nitrogens is 3. The molecule has 2 aromatic heterocycles. The lowest BCUT2D eigenvalue weighted by atomic mass is 10.1. The van der Waals surface area contributed by atoms with Crippen molar-refractivity contribution in [2.24, 2.45) is 0 Å². The molecule has 4 rings (SSSR count). The molecule has 0 aliphatic rings. The Bertz CT molecular complexity index is 1130. The molecule has 0 aliphatic carbocycles. The van der Waals surface area contributed by atoms with Gasteiger partial charge in [-0.1, -0.05) is 59.6 Å². The number of hydrogen-bond acceptors (Lipinski definition) is 4. The summed E-state index contributed by atoms with van der Waals surface area (Å²) in [7, 11) is 0. The van der Waals surface area contributed by atoms with Crippen molar-refractivity contribution in [1.82, 2.24) is 19.9 Å². The molecule has 146 valence electrons. The third-order valence-corrected chi connectivity index (χ3v) is 4.81. The molecule has 1 unspecified atom stereocenters. The summed E-state index contributed by atoms with van der Waals surface area (Å²) in [6.45, 7) is 0.356. The number of hydrogen-bond donors (Lipinski definition) is 2. The zero-order chi connectivity index (χ0) is 20.2. The molecular weight excluding hydrogens is 409 g/mol. The van der Waals surface area contributed by atoms with Gasteiger partial charge in [-0.15, -0.1) is 10.2 Å². The highest BCUT2D eigenvalue weighted by molar-refractivity contribution is 6.35. The van der Waals surface area contributed by atoms with E-state index in [0.717, 1.165) is 11.2 Å². The van der Waals surface area contributed by atoms with E-state index < -0.39 is 6.04 Å². The Balaban J connectivity index is 1.57. The van der Waals surface area contributed by atoms with E-state index in [2.05, 4.69) is 20.8 Å².